The van der Waals surface area contributed by atoms with Gasteiger partial charge in [-0.25, -0.2) is 10.5 Å². The first kappa shape index (κ1) is 14.4. The van der Waals surface area contributed by atoms with Crippen molar-refractivity contribution in [3.63, 3.8) is 0 Å². The molecule has 24 heavy (non-hydrogen) atoms. The number of nitrogens with one attached hydrogen (secondary N) is 1. The Hall–Kier alpha value is -3.18. The number of amides is 1. The fourth-order valence-corrected chi connectivity index (χ4v) is 3.04. The van der Waals surface area contributed by atoms with Gasteiger partial charge in [-0.1, -0.05) is 48.5 Å². The van der Waals surface area contributed by atoms with Gasteiger partial charge in [0.1, 0.15) is 5.65 Å². The summed E-state index contributed by atoms with van der Waals surface area (Å²) in [7, 11) is 0. The maximum Gasteiger partial charge on any atom is 0.276 e. The van der Waals surface area contributed by atoms with Gasteiger partial charge in [0.2, 0.25) is 0 Å². The summed E-state index contributed by atoms with van der Waals surface area (Å²) in [6, 6.07) is 20.0. The highest BCUT2D eigenvalue weighted by Crippen LogP contribution is 2.29. The van der Waals surface area contributed by atoms with Gasteiger partial charge in [0.15, 0.2) is 0 Å². The topological polar surface area (TPSA) is 67.2 Å². The number of hydrogen-bond donors (Lipinski definition) is 2. The molecule has 0 atom stereocenters. The molecular formula is C19H15N3O2. The SMILES string of the molecule is O=C(NO)c1cnc2c(c1)c1ccccc1n2Cc1ccccc1. The number of para-hydroxylation sites is 1. The molecule has 4 aromatic rings. The van der Waals surface area contributed by atoms with E-state index in [1.807, 2.05) is 42.5 Å². The van der Waals surface area contributed by atoms with Crippen molar-refractivity contribution in [3.05, 3.63) is 78.0 Å². The molecule has 2 N–H and O–H groups in total. The lowest BCUT2D eigenvalue weighted by Crippen LogP contribution is -2.18. The fraction of sp³-hybridized carbons (Fsp3) is 0.0526. The third kappa shape index (κ3) is 2.31. The highest BCUT2D eigenvalue weighted by molar-refractivity contribution is 6.09. The van der Waals surface area contributed by atoms with E-state index in [1.165, 1.54) is 11.8 Å². The zero-order chi connectivity index (χ0) is 16.5. The van der Waals surface area contributed by atoms with Crippen molar-refractivity contribution in [2.24, 2.45) is 0 Å². The summed E-state index contributed by atoms with van der Waals surface area (Å²) in [6.07, 6.45) is 1.48. The van der Waals surface area contributed by atoms with Gasteiger partial charge >= 0.3 is 0 Å². The zero-order valence-corrected chi connectivity index (χ0v) is 12.8. The van der Waals surface area contributed by atoms with Crippen LogP contribution in [0, 0.1) is 0 Å². The largest absolute Gasteiger partial charge is 0.321 e. The number of nitrogens with zero attached hydrogens (tertiary/aromatic N) is 2. The Balaban J connectivity index is 1.96. The van der Waals surface area contributed by atoms with Crippen molar-refractivity contribution in [1.82, 2.24) is 15.0 Å². The van der Waals surface area contributed by atoms with Crippen LogP contribution in [0.2, 0.25) is 0 Å². The lowest BCUT2D eigenvalue weighted by atomic mass is 10.1. The second-order valence-electron chi connectivity index (χ2n) is 5.62. The molecule has 0 aliphatic rings. The smallest absolute Gasteiger partial charge is 0.276 e. The van der Waals surface area contributed by atoms with Crippen LogP contribution in [0.4, 0.5) is 0 Å². The standard InChI is InChI=1S/C19H15N3O2/c23-19(21-24)14-10-16-15-8-4-5-9-17(15)22(18(16)20-11-14)12-13-6-2-1-3-7-13/h1-11,24H,12H2,(H,21,23). The van der Waals surface area contributed by atoms with Crippen LogP contribution in [0.25, 0.3) is 21.9 Å². The van der Waals surface area contributed by atoms with Gasteiger partial charge in [-0.15, -0.1) is 0 Å². The van der Waals surface area contributed by atoms with Crippen LogP contribution in [0.1, 0.15) is 15.9 Å². The summed E-state index contributed by atoms with van der Waals surface area (Å²) in [6.45, 7) is 0.698. The molecule has 5 heteroatoms. The predicted molar refractivity (Wildman–Crippen MR) is 92.0 cm³/mol. The van der Waals surface area contributed by atoms with Crippen LogP contribution in [0.5, 0.6) is 0 Å². The Bertz CT molecular complexity index is 1040. The van der Waals surface area contributed by atoms with Gasteiger partial charge in [-0.05, 0) is 17.7 Å². The van der Waals surface area contributed by atoms with Crippen molar-refractivity contribution in [2.75, 3.05) is 0 Å². The van der Waals surface area contributed by atoms with E-state index in [-0.39, 0.29) is 0 Å². The van der Waals surface area contributed by atoms with Crippen LogP contribution < -0.4 is 5.48 Å². The van der Waals surface area contributed by atoms with Gasteiger partial charge in [-0.3, -0.25) is 10.0 Å². The molecule has 0 radical (unpaired) electrons. The number of benzene rings is 2. The summed E-state index contributed by atoms with van der Waals surface area (Å²) in [4.78, 5) is 16.2. The van der Waals surface area contributed by atoms with Gasteiger partial charge in [0, 0.05) is 23.5 Å². The number of fused-ring (bicyclic) bond motifs is 3. The highest BCUT2D eigenvalue weighted by atomic mass is 16.5. The van der Waals surface area contributed by atoms with E-state index in [0.29, 0.717) is 12.1 Å². The molecule has 1 amide bonds. The average molecular weight is 317 g/mol. The van der Waals surface area contributed by atoms with Crippen LogP contribution in [0.3, 0.4) is 0 Å². The minimum absolute atomic E-state index is 0.326. The molecule has 0 aliphatic carbocycles. The molecule has 0 aliphatic heterocycles. The maximum absolute atomic E-state index is 11.7. The van der Waals surface area contributed by atoms with Gasteiger partial charge in [0.05, 0.1) is 11.1 Å². The number of carbonyl (C=O) groups excluding carboxylic acids is 1. The molecule has 0 saturated heterocycles. The second kappa shape index (κ2) is 5.79. The van der Waals surface area contributed by atoms with E-state index in [4.69, 9.17) is 5.21 Å². The van der Waals surface area contributed by atoms with Crippen molar-refractivity contribution >= 4 is 27.8 Å². The van der Waals surface area contributed by atoms with E-state index >= 15 is 0 Å². The van der Waals surface area contributed by atoms with Crippen molar-refractivity contribution < 1.29 is 10.0 Å². The third-order valence-corrected chi connectivity index (χ3v) is 4.15. The molecule has 2 aromatic carbocycles. The van der Waals surface area contributed by atoms with E-state index in [2.05, 4.69) is 21.7 Å². The number of hydroxylamine groups is 1. The fourth-order valence-electron chi connectivity index (χ4n) is 3.04. The number of carbonyl (C=O) groups is 1. The van der Waals surface area contributed by atoms with Gasteiger partial charge in [0.25, 0.3) is 5.91 Å². The molecule has 0 unspecified atom stereocenters. The quantitative estimate of drug-likeness (QED) is 0.450. The molecule has 0 fully saturated rings. The molecule has 2 heterocycles. The number of aromatic nitrogens is 2. The molecule has 4 rings (SSSR count). The predicted octanol–water partition coefficient (Wildman–Crippen LogP) is 3.36. The molecule has 118 valence electrons. The Morgan fingerprint density at radius 2 is 1.79 bits per heavy atom. The lowest BCUT2D eigenvalue weighted by Gasteiger charge is -2.07. The molecule has 0 spiro atoms. The first-order valence-corrected chi connectivity index (χ1v) is 7.63. The minimum Gasteiger partial charge on any atom is -0.321 e. The van der Waals surface area contributed by atoms with Crippen LogP contribution in [-0.2, 0) is 6.54 Å². The van der Waals surface area contributed by atoms with Crippen molar-refractivity contribution in [3.8, 4) is 0 Å². The maximum atomic E-state index is 11.7. The average Bonchev–Trinajstić information content (AvgIpc) is 2.95. The van der Waals surface area contributed by atoms with Crippen molar-refractivity contribution in [2.45, 2.75) is 6.54 Å². The molecule has 2 aromatic heterocycles. The molecule has 0 bridgehead atoms. The second-order valence-corrected chi connectivity index (χ2v) is 5.62. The Kier molecular flexibility index (Phi) is 3.48. The summed E-state index contributed by atoms with van der Waals surface area (Å²) in [5.41, 5.74) is 5.04. The van der Waals surface area contributed by atoms with E-state index in [1.54, 1.807) is 11.5 Å². The van der Waals surface area contributed by atoms with Crippen LogP contribution >= 0.6 is 0 Å². The first-order valence-electron chi connectivity index (χ1n) is 7.63. The normalized spacial score (nSPS) is 11.0. The zero-order valence-electron chi connectivity index (χ0n) is 12.8. The Labute approximate surface area is 138 Å². The van der Waals surface area contributed by atoms with E-state index in [9.17, 15) is 4.79 Å². The van der Waals surface area contributed by atoms with Crippen molar-refractivity contribution in [1.29, 1.82) is 0 Å². The first-order chi connectivity index (χ1) is 11.8. The molecule has 0 saturated carbocycles. The monoisotopic (exact) mass is 317 g/mol. The highest BCUT2D eigenvalue weighted by Gasteiger charge is 2.14. The minimum atomic E-state index is -0.565. The van der Waals surface area contributed by atoms with Crippen LogP contribution in [-0.4, -0.2) is 20.7 Å². The summed E-state index contributed by atoms with van der Waals surface area (Å²) in [5.74, 6) is -0.565. The molecular weight excluding hydrogens is 302 g/mol. The number of rotatable bonds is 3. The van der Waals surface area contributed by atoms with E-state index < -0.39 is 5.91 Å². The van der Waals surface area contributed by atoms with Gasteiger partial charge in [-0.2, -0.15) is 0 Å². The molecule has 5 nitrogen and oxygen atoms in total. The summed E-state index contributed by atoms with van der Waals surface area (Å²) >= 11 is 0. The Morgan fingerprint density at radius 3 is 2.58 bits per heavy atom. The number of hydrogen-bond acceptors (Lipinski definition) is 3. The van der Waals surface area contributed by atoms with Crippen LogP contribution in [0.15, 0.2) is 66.9 Å². The lowest BCUT2D eigenvalue weighted by molar-refractivity contribution is 0.0706. The Morgan fingerprint density at radius 1 is 1.04 bits per heavy atom. The van der Waals surface area contributed by atoms with Gasteiger partial charge < -0.3 is 4.57 Å². The number of pyridine rings is 1. The summed E-state index contributed by atoms with van der Waals surface area (Å²) in [5, 5.41) is 10.8. The third-order valence-electron chi connectivity index (χ3n) is 4.15. The van der Waals surface area contributed by atoms with E-state index in [0.717, 1.165) is 21.9 Å². The summed E-state index contributed by atoms with van der Waals surface area (Å²) < 4.78 is 2.14.